The molecule has 0 unspecified atom stereocenters. The second kappa shape index (κ2) is 6.51. The van der Waals surface area contributed by atoms with Crippen LogP contribution >= 0.6 is 11.8 Å². The fourth-order valence-corrected chi connectivity index (χ4v) is 2.76. The molecule has 0 saturated carbocycles. The number of hydrogen-bond acceptors (Lipinski definition) is 2. The van der Waals surface area contributed by atoms with Crippen molar-refractivity contribution < 1.29 is 22.0 Å². The van der Waals surface area contributed by atoms with Crippen molar-refractivity contribution in [2.24, 2.45) is 0 Å². The Morgan fingerprint density at radius 1 is 1.00 bits per heavy atom. The van der Waals surface area contributed by atoms with Gasteiger partial charge in [-0.05, 0) is 30.5 Å². The van der Waals surface area contributed by atoms with E-state index in [2.05, 4.69) is 9.97 Å². The number of aromatic nitrogens is 2. The summed E-state index contributed by atoms with van der Waals surface area (Å²) in [5.74, 6) is -3.03. The van der Waals surface area contributed by atoms with Crippen LogP contribution in [-0.2, 0) is 6.18 Å². The van der Waals surface area contributed by atoms with E-state index in [1.54, 1.807) is 24.3 Å². The molecule has 1 aromatic heterocycles. The summed E-state index contributed by atoms with van der Waals surface area (Å²) >= 11 is 1.48. The molecule has 0 fully saturated rings. The zero-order chi connectivity index (χ0) is 18.2. The van der Waals surface area contributed by atoms with Crippen molar-refractivity contribution in [1.82, 2.24) is 9.97 Å². The minimum atomic E-state index is -4.72. The Bertz CT molecular complexity index is 900. The smallest absolute Gasteiger partial charge is 0.334 e. The van der Waals surface area contributed by atoms with Crippen LogP contribution in [0, 0.1) is 11.6 Å². The average molecular weight is 370 g/mol. The minimum absolute atomic E-state index is 0.0505. The van der Waals surface area contributed by atoms with Gasteiger partial charge in [-0.3, -0.25) is 0 Å². The molecule has 0 bridgehead atoms. The maximum absolute atomic E-state index is 14.1. The molecule has 2 nitrogen and oxygen atoms in total. The van der Waals surface area contributed by atoms with Crippen LogP contribution in [0.25, 0.3) is 22.5 Å². The number of alkyl halides is 3. The molecule has 0 atom stereocenters. The molecule has 1 N–H and O–H groups in total. The summed E-state index contributed by atoms with van der Waals surface area (Å²) in [5.41, 5.74) is 0.00355. The van der Waals surface area contributed by atoms with Crippen molar-refractivity contribution in [3.63, 3.8) is 0 Å². The fraction of sp³-hybridized carbons (Fsp3) is 0.118. The van der Waals surface area contributed by atoms with Gasteiger partial charge in [-0.25, -0.2) is 13.8 Å². The van der Waals surface area contributed by atoms with Crippen molar-refractivity contribution in [1.29, 1.82) is 0 Å². The Morgan fingerprint density at radius 2 is 1.68 bits per heavy atom. The topological polar surface area (TPSA) is 28.7 Å². The highest BCUT2D eigenvalue weighted by atomic mass is 32.2. The first-order valence-electron chi connectivity index (χ1n) is 7.06. The summed E-state index contributed by atoms with van der Waals surface area (Å²) in [5, 5.41) is 0. The second-order valence-corrected chi connectivity index (χ2v) is 6.04. The molecule has 0 aliphatic rings. The number of thioether (sulfide) groups is 1. The van der Waals surface area contributed by atoms with Crippen LogP contribution in [0.2, 0.25) is 0 Å². The number of hydrogen-bond donors (Lipinski definition) is 1. The minimum Gasteiger partial charge on any atom is -0.334 e. The lowest BCUT2D eigenvalue weighted by molar-refractivity contribution is -0.144. The van der Waals surface area contributed by atoms with Crippen molar-refractivity contribution in [2.45, 2.75) is 11.1 Å². The number of aromatic amines is 1. The first-order valence-corrected chi connectivity index (χ1v) is 8.29. The number of imidazole rings is 1. The predicted octanol–water partition coefficient (Wildman–Crippen LogP) is 5.76. The van der Waals surface area contributed by atoms with Gasteiger partial charge in [-0.1, -0.05) is 12.1 Å². The first-order chi connectivity index (χ1) is 11.8. The highest BCUT2D eigenvalue weighted by Crippen LogP contribution is 2.37. The lowest BCUT2D eigenvalue weighted by atomic mass is 10.0. The summed E-state index contributed by atoms with van der Waals surface area (Å²) in [6.45, 7) is 0. The lowest BCUT2D eigenvalue weighted by Gasteiger charge is -2.05. The van der Waals surface area contributed by atoms with Crippen LogP contribution in [0.4, 0.5) is 22.0 Å². The number of halogens is 5. The molecule has 8 heteroatoms. The molecule has 3 rings (SSSR count). The Morgan fingerprint density at radius 3 is 2.24 bits per heavy atom. The zero-order valence-corrected chi connectivity index (χ0v) is 13.6. The van der Waals surface area contributed by atoms with E-state index in [1.165, 1.54) is 11.8 Å². The third-order valence-corrected chi connectivity index (χ3v) is 4.28. The van der Waals surface area contributed by atoms with E-state index in [9.17, 15) is 22.0 Å². The van der Waals surface area contributed by atoms with E-state index in [1.807, 2.05) is 6.26 Å². The third kappa shape index (κ3) is 3.53. The number of nitrogens with zero attached hydrogens (tertiary/aromatic N) is 1. The molecular weight excluding hydrogens is 359 g/mol. The first kappa shape index (κ1) is 17.5. The lowest BCUT2D eigenvalue weighted by Crippen LogP contribution is -2.07. The van der Waals surface area contributed by atoms with Gasteiger partial charge in [0.15, 0.2) is 0 Å². The summed E-state index contributed by atoms with van der Waals surface area (Å²) in [7, 11) is 0. The molecule has 0 saturated heterocycles. The van der Waals surface area contributed by atoms with E-state index in [0.29, 0.717) is 11.6 Å². The molecule has 25 heavy (non-hydrogen) atoms. The number of nitrogens with one attached hydrogen (secondary N) is 1. The Hall–Kier alpha value is -2.35. The summed E-state index contributed by atoms with van der Waals surface area (Å²) in [4.78, 5) is 6.64. The van der Waals surface area contributed by atoms with Crippen molar-refractivity contribution in [2.75, 3.05) is 6.26 Å². The zero-order valence-electron chi connectivity index (χ0n) is 12.8. The van der Waals surface area contributed by atoms with Gasteiger partial charge >= 0.3 is 6.18 Å². The van der Waals surface area contributed by atoms with Crippen molar-refractivity contribution in [3.05, 3.63) is 59.9 Å². The molecular formula is C17H11F5N2S. The Balaban J connectivity index is 2.20. The quantitative estimate of drug-likeness (QED) is 0.469. The van der Waals surface area contributed by atoms with Crippen LogP contribution in [0.5, 0.6) is 0 Å². The highest BCUT2D eigenvalue weighted by molar-refractivity contribution is 7.98. The van der Waals surface area contributed by atoms with Gasteiger partial charge in [-0.2, -0.15) is 13.2 Å². The van der Waals surface area contributed by atoms with Gasteiger partial charge in [0.2, 0.25) is 5.82 Å². The maximum atomic E-state index is 14.1. The molecule has 130 valence electrons. The van der Waals surface area contributed by atoms with Crippen molar-refractivity contribution in [3.8, 4) is 22.5 Å². The third-order valence-electron chi connectivity index (χ3n) is 3.54. The monoisotopic (exact) mass is 370 g/mol. The van der Waals surface area contributed by atoms with Gasteiger partial charge in [0.1, 0.15) is 11.6 Å². The van der Waals surface area contributed by atoms with Gasteiger partial charge in [-0.15, -0.1) is 11.8 Å². The molecule has 0 aliphatic heterocycles. The van der Waals surface area contributed by atoms with Gasteiger partial charge in [0.25, 0.3) is 0 Å². The largest absolute Gasteiger partial charge is 0.449 e. The second-order valence-electron chi connectivity index (χ2n) is 5.16. The van der Waals surface area contributed by atoms with Gasteiger partial charge < -0.3 is 4.98 Å². The van der Waals surface area contributed by atoms with E-state index in [0.717, 1.165) is 17.0 Å². The highest BCUT2D eigenvalue weighted by Gasteiger charge is 2.36. The van der Waals surface area contributed by atoms with Crippen LogP contribution in [-0.4, -0.2) is 16.2 Å². The number of benzene rings is 2. The van der Waals surface area contributed by atoms with Crippen LogP contribution < -0.4 is 0 Å². The average Bonchev–Trinajstić information content (AvgIpc) is 3.00. The Labute approximate surface area is 144 Å². The molecule has 2 aromatic carbocycles. The van der Waals surface area contributed by atoms with Crippen LogP contribution in [0.3, 0.4) is 0 Å². The summed E-state index contributed by atoms with van der Waals surface area (Å²) in [6.07, 6.45) is -2.85. The normalized spacial score (nSPS) is 11.8. The van der Waals surface area contributed by atoms with Gasteiger partial charge in [0, 0.05) is 22.1 Å². The summed E-state index contributed by atoms with van der Waals surface area (Å²) in [6, 6.07) is 9.34. The predicted molar refractivity (Wildman–Crippen MR) is 86.2 cm³/mol. The van der Waals surface area contributed by atoms with Crippen LogP contribution in [0.1, 0.15) is 5.82 Å². The van der Waals surface area contributed by atoms with Gasteiger partial charge in [0.05, 0.1) is 11.4 Å². The standard InChI is InChI=1S/C17H11F5N2S/c1-25-11-5-2-9(3-6-11)14-15(24-16(23-14)17(20,21)22)12-7-4-10(18)8-13(12)19/h2-8H,1H3,(H,23,24). The molecule has 0 radical (unpaired) electrons. The number of rotatable bonds is 3. The number of H-pyrrole nitrogens is 1. The SMILES string of the molecule is CSc1ccc(-c2nc(C(F)(F)F)[nH]c2-c2ccc(F)cc2F)cc1. The van der Waals surface area contributed by atoms with E-state index >= 15 is 0 Å². The maximum Gasteiger partial charge on any atom is 0.449 e. The Kier molecular flexibility index (Phi) is 4.55. The molecule has 0 aliphatic carbocycles. The molecule has 0 amide bonds. The summed E-state index contributed by atoms with van der Waals surface area (Å²) < 4.78 is 66.3. The van der Waals surface area contributed by atoms with E-state index in [-0.39, 0.29) is 17.0 Å². The fourth-order valence-electron chi connectivity index (χ4n) is 2.35. The molecule has 1 heterocycles. The van der Waals surface area contributed by atoms with E-state index < -0.39 is 23.6 Å². The van der Waals surface area contributed by atoms with Crippen LogP contribution in [0.15, 0.2) is 47.4 Å². The van der Waals surface area contributed by atoms with E-state index in [4.69, 9.17) is 0 Å². The molecule has 3 aromatic rings. The van der Waals surface area contributed by atoms with Crippen molar-refractivity contribution >= 4 is 11.8 Å². The molecule has 0 spiro atoms.